The summed E-state index contributed by atoms with van der Waals surface area (Å²) in [6, 6.07) is 33.3. The molecule has 56 heavy (non-hydrogen) atoms. The van der Waals surface area contributed by atoms with Crippen molar-refractivity contribution in [3.05, 3.63) is 149 Å². The molecular weight excluding hydrogens is 727 g/mol. The minimum atomic E-state index is -4.32. The van der Waals surface area contributed by atoms with E-state index in [1.807, 2.05) is 66.7 Å². The summed E-state index contributed by atoms with van der Waals surface area (Å²) in [5.74, 6) is -2.01. The highest BCUT2D eigenvalue weighted by Gasteiger charge is 2.34. The minimum Gasteiger partial charge on any atom is -0.461 e. The summed E-state index contributed by atoms with van der Waals surface area (Å²) in [5.41, 5.74) is 10.6. The van der Waals surface area contributed by atoms with Crippen LogP contribution in [0.3, 0.4) is 0 Å². The summed E-state index contributed by atoms with van der Waals surface area (Å²) in [6.07, 6.45) is 2.63. The highest BCUT2D eigenvalue weighted by Crippen LogP contribution is 2.36. The van der Waals surface area contributed by atoms with E-state index in [2.05, 4.69) is 11.6 Å². The highest BCUT2D eigenvalue weighted by atomic mass is 32.2. The molecule has 0 spiro atoms. The van der Waals surface area contributed by atoms with Gasteiger partial charge in [-0.05, 0) is 90.0 Å². The molecule has 0 radical (unpaired) electrons. The number of esters is 1. The average Bonchev–Trinajstić information content (AvgIpc) is 3.61. The number of sulfonamides is 1. The molecule has 1 aliphatic rings. The number of nitrogens with zero attached hydrogens (tertiary/aromatic N) is 3. The van der Waals surface area contributed by atoms with Gasteiger partial charge in [0.2, 0.25) is 0 Å². The highest BCUT2D eigenvalue weighted by molar-refractivity contribution is 7.90. The smallest absolute Gasteiger partial charge is 0.359 e. The largest absolute Gasteiger partial charge is 0.461 e. The second-order valence-electron chi connectivity index (χ2n) is 13.7. The zero-order chi connectivity index (χ0) is 39.4. The van der Waals surface area contributed by atoms with Crippen LogP contribution < -0.4 is 10.5 Å². The number of nitrogens with one attached hydrogen (secondary N) is 1. The fourth-order valence-electron chi connectivity index (χ4n) is 7.28. The van der Waals surface area contributed by atoms with Crippen LogP contribution in [0, 0.1) is 0 Å². The van der Waals surface area contributed by atoms with Crippen LogP contribution in [0.5, 0.6) is 0 Å². The van der Waals surface area contributed by atoms with Gasteiger partial charge in [-0.1, -0.05) is 92.2 Å². The summed E-state index contributed by atoms with van der Waals surface area (Å²) in [5, 5.41) is 6.35. The van der Waals surface area contributed by atoms with Crippen molar-refractivity contribution in [2.24, 2.45) is 5.73 Å². The second kappa shape index (κ2) is 16.3. The molecule has 0 aliphatic carbocycles. The molecular formula is C44H43N5O6S. The van der Waals surface area contributed by atoms with Gasteiger partial charge in [-0.3, -0.25) is 9.59 Å². The minimum absolute atomic E-state index is 0.0197. The number of amides is 2. The maximum Gasteiger partial charge on any atom is 0.359 e. The SMILES string of the molecule is CCCCc1c(-c2ccc(C(=O)NS(=O)(=O)c3ccc4ccccc4c3)cc2C(=O)N2Cc3ccccc3CC2CN)c(C(=O)OCC)nn1-c1ccccc1. The van der Waals surface area contributed by atoms with Gasteiger partial charge < -0.3 is 15.4 Å². The quantitative estimate of drug-likeness (QED) is 0.128. The lowest BCUT2D eigenvalue weighted by atomic mass is 9.90. The monoisotopic (exact) mass is 769 g/mol. The number of nitrogens with two attached hydrogens (primary N) is 1. The third kappa shape index (κ3) is 7.58. The fourth-order valence-corrected chi connectivity index (χ4v) is 8.29. The van der Waals surface area contributed by atoms with E-state index in [1.54, 1.807) is 40.8 Å². The molecule has 1 unspecified atom stereocenters. The Balaban J connectivity index is 1.39. The van der Waals surface area contributed by atoms with Crippen LogP contribution in [0.15, 0.2) is 120 Å². The van der Waals surface area contributed by atoms with E-state index in [1.165, 1.54) is 24.3 Å². The molecule has 11 nitrogen and oxygen atoms in total. The van der Waals surface area contributed by atoms with Gasteiger partial charge in [0.05, 0.1) is 22.9 Å². The molecule has 3 N–H and O–H groups in total. The topological polar surface area (TPSA) is 154 Å². The first kappa shape index (κ1) is 38.2. The lowest BCUT2D eigenvalue weighted by Crippen LogP contribution is -2.48. The molecule has 12 heteroatoms. The van der Waals surface area contributed by atoms with Crippen molar-refractivity contribution in [1.82, 2.24) is 19.4 Å². The molecule has 2 heterocycles. The van der Waals surface area contributed by atoms with Crippen LogP contribution in [0.4, 0.5) is 0 Å². The summed E-state index contributed by atoms with van der Waals surface area (Å²) < 4.78 is 36.6. The average molecular weight is 770 g/mol. The van der Waals surface area contributed by atoms with Crippen molar-refractivity contribution >= 4 is 38.6 Å². The lowest BCUT2D eigenvalue weighted by Gasteiger charge is -2.37. The van der Waals surface area contributed by atoms with Crippen LogP contribution in [0.25, 0.3) is 27.6 Å². The zero-order valence-electron chi connectivity index (χ0n) is 31.3. The van der Waals surface area contributed by atoms with E-state index in [0.29, 0.717) is 40.7 Å². The number of hydrogen-bond acceptors (Lipinski definition) is 8. The van der Waals surface area contributed by atoms with E-state index < -0.39 is 27.8 Å². The lowest BCUT2D eigenvalue weighted by molar-refractivity contribution is 0.0518. The van der Waals surface area contributed by atoms with Gasteiger partial charge in [0, 0.05) is 35.8 Å². The Hall–Kier alpha value is -6.11. The molecule has 1 atom stereocenters. The van der Waals surface area contributed by atoms with Gasteiger partial charge in [0.15, 0.2) is 5.69 Å². The Labute approximate surface area is 326 Å². The van der Waals surface area contributed by atoms with Crippen molar-refractivity contribution in [2.75, 3.05) is 13.2 Å². The summed E-state index contributed by atoms with van der Waals surface area (Å²) in [7, 11) is -4.32. The van der Waals surface area contributed by atoms with E-state index >= 15 is 4.79 Å². The number of aromatic nitrogens is 2. The van der Waals surface area contributed by atoms with Crippen LogP contribution in [0.2, 0.25) is 0 Å². The van der Waals surface area contributed by atoms with Gasteiger partial charge in [-0.25, -0.2) is 22.6 Å². The maximum atomic E-state index is 15.1. The molecule has 2 amide bonds. The third-order valence-electron chi connectivity index (χ3n) is 10.1. The maximum absolute atomic E-state index is 15.1. The third-order valence-corrected chi connectivity index (χ3v) is 11.5. The standard InChI is InChI=1S/C44H43N5O6S/c1-3-5-19-39-40(41(44(52)55-4-2)46-49(39)34-17-7-6-8-18-34)37-23-21-32(42(50)47-56(53,54)36-22-20-29-13-9-10-15-31(29)25-36)26-38(37)43(51)48-28-33-16-12-11-14-30(33)24-35(48)27-45/h6-18,20-23,25-26,35H,3-5,19,24,27-28,45H2,1-2H3,(H,47,50). The van der Waals surface area contributed by atoms with E-state index in [-0.39, 0.29) is 47.5 Å². The van der Waals surface area contributed by atoms with Gasteiger partial charge in [0.25, 0.3) is 21.8 Å². The Morgan fingerprint density at radius 1 is 0.857 bits per heavy atom. The van der Waals surface area contributed by atoms with Crippen LogP contribution >= 0.6 is 0 Å². The Morgan fingerprint density at radius 3 is 2.30 bits per heavy atom. The van der Waals surface area contributed by atoms with Gasteiger partial charge in [-0.2, -0.15) is 5.10 Å². The molecule has 0 saturated heterocycles. The van der Waals surface area contributed by atoms with Crippen molar-refractivity contribution < 1.29 is 27.5 Å². The van der Waals surface area contributed by atoms with Crippen LogP contribution in [0.1, 0.15) is 74.7 Å². The van der Waals surface area contributed by atoms with Crippen molar-refractivity contribution in [2.45, 2.75) is 57.0 Å². The Bertz CT molecular complexity index is 2550. The normalized spacial score (nSPS) is 14.0. The number of benzene rings is 5. The molecule has 0 saturated carbocycles. The van der Waals surface area contributed by atoms with E-state index in [9.17, 15) is 18.0 Å². The predicted octanol–water partition coefficient (Wildman–Crippen LogP) is 6.86. The van der Waals surface area contributed by atoms with E-state index in [4.69, 9.17) is 15.6 Å². The number of carbonyl (C=O) groups excluding carboxylic acids is 3. The number of hydrogen-bond donors (Lipinski definition) is 2. The number of carbonyl (C=O) groups is 3. The van der Waals surface area contributed by atoms with Crippen molar-refractivity contribution in [3.63, 3.8) is 0 Å². The number of rotatable bonds is 12. The Kier molecular flexibility index (Phi) is 11.1. The second-order valence-corrected chi connectivity index (χ2v) is 15.4. The van der Waals surface area contributed by atoms with Crippen molar-refractivity contribution in [3.8, 4) is 16.8 Å². The predicted molar refractivity (Wildman–Crippen MR) is 215 cm³/mol. The fraction of sp³-hybridized carbons (Fsp3) is 0.227. The molecule has 0 bridgehead atoms. The summed E-state index contributed by atoms with van der Waals surface area (Å²) >= 11 is 0. The van der Waals surface area contributed by atoms with Gasteiger partial charge in [0.1, 0.15) is 0 Å². The molecule has 0 fully saturated rings. The first-order valence-electron chi connectivity index (χ1n) is 18.8. The zero-order valence-corrected chi connectivity index (χ0v) is 32.1. The molecule has 286 valence electrons. The molecule has 7 rings (SSSR count). The number of fused-ring (bicyclic) bond motifs is 2. The van der Waals surface area contributed by atoms with Crippen molar-refractivity contribution in [1.29, 1.82) is 0 Å². The first-order valence-corrected chi connectivity index (χ1v) is 20.2. The molecule has 6 aromatic rings. The summed E-state index contributed by atoms with van der Waals surface area (Å²) in [4.78, 5) is 44.3. The van der Waals surface area contributed by atoms with Gasteiger partial charge >= 0.3 is 5.97 Å². The van der Waals surface area contributed by atoms with Gasteiger partial charge in [-0.15, -0.1) is 0 Å². The number of unbranched alkanes of at least 4 members (excludes halogenated alkanes) is 1. The Morgan fingerprint density at radius 2 is 1.57 bits per heavy atom. The number of ether oxygens (including phenoxy) is 1. The molecule has 5 aromatic carbocycles. The first-order chi connectivity index (χ1) is 27.1. The molecule has 1 aromatic heterocycles. The van der Waals surface area contributed by atoms with Crippen LogP contribution in [-0.4, -0.2) is 60.1 Å². The van der Waals surface area contributed by atoms with Crippen LogP contribution in [-0.2, 0) is 34.1 Å². The number of para-hydroxylation sites is 1. The summed E-state index contributed by atoms with van der Waals surface area (Å²) in [6.45, 7) is 4.31. The van der Waals surface area contributed by atoms with E-state index in [0.717, 1.165) is 29.4 Å². The molecule has 1 aliphatic heterocycles.